The lowest BCUT2D eigenvalue weighted by Gasteiger charge is -2.15. The number of pyridine rings is 1. The van der Waals surface area contributed by atoms with E-state index in [0.717, 1.165) is 7.11 Å². The van der Waals surface area contributed by atoms with Crippen LogP contribution in [0.1, 0.15) is 35.1 Å². The highest BCUT2D eigenvalue weighted by molar-refractivity contribution is 5.91. The van der Waals surface area contributed by atoms with E-state index in [0.29, 0.717) is 6.07 Å². The van der Waals surface area contributed by atoms with Gasteiger partial charge in [0.2, 0.25) is 0 Å². The molecular weight excluding hydrogens is 289 g/mol. The van der Waals surface area contributed by atoms with E-state index in [1.807, 2.05) is 0 Å². The van der Waals surface area contributed by atoms with Crippen molar-refractivity contribution in [3.05, 3.63) is 23.0 Å². The number of methoxy groups -OCH3 is 1. The lowest BCUT2D eigenvalue weighted by Crippen LogP contribution is -2.19. The van der Waals surface area contributed by atoms with Gasteiger partial charge in [0.25, 0.3) is 6.43 Å². The summed E-state index contributed by atoms with van der Waals surface area (Å²) in [5.74, 6) is -1.93. The average molecular weight is 299 g/mol. The first-order valence-corrected chi connectivity index (χ1v) is 5.33. The first kappa shape index (κ1) is 16.1. The minimum atomic E-state index is -5.07. The number of hydrogen-bond acceptors (Lipinski definition) is 4. The van der Waals surface area contributed by atoms with Crippen LogP contribution in [0.3, 0.4) is 0 Å². The van der Waals surface area contributed by atoms with E-state index in [-0.39, 0.29) is 6.61 Å². The molecule has 0 amide bonds. The molecule has 1 aromatic heterocycles. The Morgan fingerprint density at radius 2 is 2.00 bits per heavy atom. The maximum absolute atomic E-state index is 12.8. The van der Waals surface area contributed by atoms with Crippen LogP contribution < -0.4 is 4.74 Å². The van der Waals surface area contributed by atoms with E-state index in [9.17, 15) is 26.7 Å². The van der Waals surface area contributed by atoms with Gasteiger partial charge in [-0.05, 0) is 13.0 Å². The van der Waals surface area contributed by atoms with Crippen LogP contribution in [0.5, 0.6) is 5.75 Å². The maximum atomic E-state index is 12.8. The first-order chi connectivity index (χ1) is 9.22. The zero-order chi connectivity index (χ0) is 15.5. The number of ether oxygens (including phenoxy) is 2. The summed E-state index contributed by atoms with van der Waals surface area (Å²) in [7, 11) is 0.977. The molecule has 0 saturated heterocycles. The van der Waals surface area contributed by atoms with Gasteiger partial charge in [-0.2, -0.15) is 13.2 Å². The van der Waals surface area contributed by atoms with Crippen LogP contribution in [-0.2, 0) is 10.9 Å². The molecule has 0 bridgehead atoms. The minimum Gasteiger partial charge on any atom is -0.495 e. The zero-order valence-corrected chi connectivity index (χ0v) is 10.4. The number of rotatable bonds is 4. The molecule has 0 aliphatic carbocycles. The number of aromatic nitrogens is 1. The fourth-order valence-electron chi connectivity index (χ4n) is 1.41. The molecule has 0 aromatic carbocycles. The molecule has 4 nitrogen and oxygen atoms in total. The Hall–Kier alpha value is -1.93. The fourth-order valence-corrected chi connectivity index (χ4v) is 1.41. The van der Waals surface area contributed by atoms with Crippen molar-refractivity contribution in [2.24, 2.45) is 0 Å². The van der Waals surface area contributed by atoms with Crippen molar-refractivity contribution in [2.75, 3.05) is 13.7 Å². The van der Waals surface area contributed by atoms with E-state index >= 15 is 0 Å². The second kappa shape index (κ2) is 6.02. The van der Waals surface area contributed by atoms with E-state index in [1.165, 1.54) is 6.92 Å². The number of nitrogens with zero attached hydrogens (tertiary/aromatic N) is 1. The molecule has 1 rings (SSSR count). The van der Waals surface area contributed by atoms with E-state index < -0.39 is 41.3 Å². The van der Waals surface area contributed by atoms with Gasteiger partial charge < -0.3 is 9.47 Å². The summed E-state index contributed by atoms with van der Waals surface area (Å²) in [5, 5.41) is 0. The van der Waals surface area contributed by atoms with Crippen molar-refractivity contribution in [1.29, 1.82) is 0 Å². The van der Waals surface area contributed by atoms with E-state index in [2.05, 4.69) is 14.5 Å². The summed E-state index contributed by atoms with van der Waals surface area (Å²) in [6.07, 6.45) is -8.35. The molecule has 20 heavy (non-hydrogen) atoms. The number of hydrogen-bond donors (Lipinski definition) is 0. The van der Waals surface area contributed by atoms with Crippen molar-refractivity contribution < 1.29 is 36.2 Å². The van der Waals surface area contributed by atoms with Crippen LogP contribution in [0.4, 0.5) is 22.0 Å². The Balaban J connectivity index is 3.52. The Morgan fingerprint density at radius 3 is 2.40 bits per heavy atom. The smallest absolute Gasteiger partial charge is 0.434 e. The molecule has 0 N–H and O–H groups in total. The molecule has 1 aromatic rings. The molecule has 1 heterocycles. The Morgan fingerprint density at radius 1 is 1.40 bits per heavy atom. The predicted molar refractivity (Wildman–Crippen MR) is 56.7 cm³/mol. The largest absolute Gasteiger partial charge is 0.495 e. The van der Waals surface area contributed by atoms with E-state index in [4.69, 9.17) is 0 Å². The Labute approximate surface area is 110 Å². The summed E-state index contributed by atoms with van der Waals surface area (Å²) in [4.78, 5) is 14.3. The third-order valence-electron chi connectivity index (χ3n) is 2.21. The number of esters is 1. The third kappa shape index (κ3) is 3.34. The molecular formula is C11H10F5NO3. The van der Waals surface area contributed by atoms with Gasteiger partial charge in [0.15, 0.2) is 5.69 Å². The van der Waals surface area contributed by atoms with Crippen LogP contribution in [-0.4, -0.2) is 24.7 Å². The SMILES string of the molecule is CCOC(=O)c1cc(OC)c(C(F)F)nc1C(F)(F)F. The topological polar surface area (TPSA) is 48.4 Å². The van der Waals surface area contributed by atoms with E-state index in [1.54, 1.807) is 0 Å². The van der Waals surface area contributed by atoms with Gasteiger partial charge in [-0.15, -0.1) is 0 Å². The predicted octanol–water partition coefficient (Wildman–Crippen LogP) is 3.22. The second-order valence-corrected chi connectivity index (χ2v) is 3.49. The highest BCUT2D eigenvalue weighted by atomic mass is 19.4. The molecule has 0 aliphatic heterocycles. The lowest BCUT2D eigenvalue weighted by molar-refractivity contribution is -0.142. The molecule has 0 radical (unpaired) electrons. The third-order valence-corrected chi connectivity index (χ3v) is 2.21. The fraction of sp³-hybridized carbons (Fsp3) is 0.455. The quantitative estimate of drug-likeness (QED) is 0.632. The first-order valence-electron chi connectivity index (χ1n) is 5.33. The summed E-state index contributed by atoms with van der Waals surface area (Å²) in [5.41, 5.74) is -3.89. The molecule has 0 fully saturated rings. The Kier molecular flexibility index (Phi) is 4.85. The molecule has 0 unspecified atom stereocenters. The van der Waals surface area contributed by atoms with Crippen molar-refractivity contribution in [1.82, 2.24) is 4.98 Å². The van der Waals surface area contributed by atoms with Crippen LogP contribution in [0.25, 0.3) is 0 Å². The summed E-state index contributed by atoms with van der Waals surface area (Å²) >= 11 is 0. The molecule has 0 saturated carbocycles. The summed E-state index contributed by atoms with van der Waals surface area (Å²) in [6.45, 7) is 1.22. The van der Waals surface area contributed by atoms with Gasteiger partial charge in [0.05, 0.1) is 19.3 Å². The van der Waals surface area contributed by atoms with Gasteiger partial charge in [-0.1, -0.05) is 0 Å². The number of halogens is 5. The van der Waals surface area contributed by atoms with Crippen molar-refractivity contribution in [3.8, 4) is 5.75 Å². The zero-order valence-electron chi connectivity index (χ0n) is 10.4. The highest BCUT2D eigenvalue weighted by Crippen LogP contribution is 2.36. The molecule has 0 atom stereocenters. The number of carbonyl (C=O) groups is 1. The van der Waals surface area contributed by atoms with Crippen molar-refractivity contribution in [2.45, 2.75) is 19.5 Å². The highest BCUT2D eigenvalue weighted by Gasteiger charge is 2.40. The van der Waals surface area contributed by atoms with Crippen LogP contribution >= 0.6 is 0 Å². The second-order valence-electron chi connectivity index (χ2n) is 3.49. The molecule has 0 spiro atoms. The minimum absolute atomic E-state index is 0.172. The maximum Gasteiger partial charge on any atom is 0.434 e. The molecule has 0 aliphatic rings. The van der Waals surface area contributed by atoms with Crippen LogP contribution in [0.2, 0.25) is 0 Å². The summed E-state index contributed by atoms with van der Waals surface area (Å²) in [6, 6.07) is 0.551. The number of carbonyl (C=O) groups excluding carboxylic acids is 1. The van der Waals surface area contributed by atoms with Gasteiger partial charge in [0, 0.05) is 0 Å². The van der Waals surface area contributed by atoms with Crippen molar-refractivity contribution in [3.63, 3.8) is 0 Å². The normalized spacial score (nSPS) is 11.6. The van der Waals surface area contributed by atoms with Crippen LogP contribution in [0.15, 0.2) is 6.07 Å². The van der Waals surface area contributed by atoms with Crippen LogP contribution in [0, 0.1) is 0 Å². The van der Waals surface area contributed by atoms with Crippen molar-refractivity contribution >= 4 is 5.97 Å². The molecule has 112 valence electrons. The van der Waals surface area contributed by atoms with Gasteiger partial charge >= 0.3 is 12.1 Å². The van der Waals surface area contributed by atoms with Gasteiger partial charge in [0.1, 0.15) is 11.4 Å². The summed E-state index contributed by atoms with van der Waals surface area (Å²) < 4.78 is 72.6. The van der Waals surface area contributed by atoms with Gasteiger partial charge in [-0.25, -0.2) is 18.6 Å². The van der Waals surface area contributed by atoms with Gasteiger partial charge in [-0.3, -0.25) is 0 Å². The number of alkyl halides is 5. The average Bonchev–Trinajstić information content (AvgIpc) is 2.36. The molecule has 9 heteroatoms. The lowest BCUT2D eigenvalue weighted by atomic mass is 10.1. The standard InChI is InChI=1S/C11H10F5NO3/c1-3-20-10(18)5-4-6(19-2)7(9(12)13)17-8(5)11(14,15)16/h4,9H,3H2,1-2H3. The Bertz CT molecular complexity index is 502. The monoisotopic (exact) mass is 299 g/mol.